The van der Waals surface area contributed by atoms with Gasteiger partial charge in [0.2, 0.25) is 0 Å². The van der Waals surface area contributed by atoms with Gasteiger partial charge in [-0.1, -0.05) is 98.8 Å². The third-order valence-corrected chi connectivity index (χ3v) is 11.4. The van der Waals surface area contributed by atoms with Crippen molar-refractivity contribution >= 4 is 0 Å². The Kier molecular flexibility index (Phi) is 10.5. The van der Waals surface area contributed by atoms with Crippen LogP contribution >= 0.6 is 0 Å². The molecule has 3 spiro atoms. The van der Waals surface area contributed by atoms with Gasteiger partial charge in [0.25, 0.3) is 0 Å². The van der Waals surface area contributed by atoms with Crippen molar-refractivity contribution in [3.05, 3.63) is 0 Å². The van der Waals surface area contributed by atoms with Crippen LogP contribution in [0.15, 0.2) is 0 Å². The standard InChI is InChI=1S/C8H14.2C6H10O.3C5H10/c1-7-5-8(6-7)3-2-4-8;1-5-4-6(5)2-3-7-6;1-5-4-6(7-5)2-3-6;3*1-5-3-2-4-5/h7H,2-6H2,1H3;2*5H,2-4H2,1H3;3*5H,2-4H2,1H3/t;5-,6?;5-;;;/m.11.../s1. The molecule has 0 aromatic heterocycles. The van der Waals surface area contributed by atoms with Crippen LogP contribution in [0.2, 0.25) is 0 Å². The number of rotatable bonds is 0. The predicted octanol–water partition coefficient (Wildman–Crippen LogP) is 10.5. The average Bonchev–Trinajstić information content (AvgIpc) is 3.63. The maximum Gasteiger partial charge on any atom is 0.0734 e. The summed E-state index contributed by atoms with van der Waals surface area (Å²) >= 11 is 0. The molecule has 3 atom stereocenters. The molecule has 9 aliphatic rings. The Morgan fingerprint density at radius 1 is 0.514 bits per heavy atom. The van der Waals surface area contributed by atoms with Gasteiger partial charge in [-0.3, -0.25) is 0 Å². The van der Waals surface area contributed by atoms with Crippen LogP contribution in [0, 0.1) is 35.0 Å². The Morgan fingerprint density at radius 3 is 0.973 bits per heavy atom. The lowest BCUT2D eigenvalue weighted by Gasteiger charge is -2.53. The molecule has 0 aromatic carbocycles. The lowest BCUT2D eigenvalue weighted by Crippen LogP contribution is -2.41. The molecule has 2 heterocycles. The maximum atomic E-state index is 5.44. The van der Waals surface area contributed by atoms with Crippen molar-refractivity contribution in [3.8, 4) is 0 Å². The van der Waals surface area contributed by atoms with Gasteiger partial charge in [0.05, 0.1) is 23.9 Å². The van der Waals surface area contributed by atoms with Crippen LogP contribution in [-0.4, -0.2) is 23.9 Å². The van der Waals surface area contributed by atoms with Gasteiger partial charge in [-0.25, -0.2) is 0 Å². The second kappa shape index (κ2) is 13.1. The SMILES string of the molecule is CC1CC2(CCC2)C1.CC1CCC1.CC1CCC1.CC1CCC1.C[C@@H]1CC12CCO2.C[C@@H]1CC2(CC2)O1. The third kappa shape index (κ3) is 8.96. The molecule has 0 N–H and O–H groups in total. The van der Waals surface area contributed by atoms with Crippen LogP contribution in [0.25, 0.3) is 0 Å². The van der Waals surface area contributed by atoms with E-state index >= 15 is 0 Å². The van der Waals surface area contributed by atoms with Gasteiger partial charge in [0.1, 0.15) is 0 Å². The van der Waals surface area contributed by atoms with Gasteiger partial charge in [-0.15, -0.1) is 0 Å². The van der Waals surface area contributed by atoms with Crippen LogP contribution in [0.5, 0.6) is 0 Å². The summed E-state index contributed by atoms with van der Waals surface area (Å²) in [7, 11) is 0. The van der Waals surface area contributed by atoms with E-state index in [-0.39, 0.29) is 0 Å². The molecule has 2 saturated heterocycles. The minimum absolute atomic E-state index is 0.431. The van der Waals surface area contributed by atoms with E-state index in [9.17, 15) is 0 Å². The highest BCUT2D eigenvalue weighted by molar-refractivity contribution is 5.07. The van der Waals surface area contributed by atoms with Crippen molar-refractivity contribution in [2.75, 3.05) is 6.61 Å². The first kappa shape index (κ1) is 29.9. The van der Waals surface area contributed by atoms with Gasteiger partial charge in [0, 0.05) is 12.8 Å². The Morgan fingerprint density at radius 2 is 0.919 bits per heavy atom. The minimum atomic E-state index is 0.431. The van der Waals surface area contributed by atoms with Gasteiger partial charge in [-0.05, 0) is 86.9 Å². The minimum Gasteiger partial charge on any atom is -0.375 e. The van der Waals surface area contributed by atoms with Crippen molar-refractivity contribution in [2.45, 2.75) is 181 Å². The van der Waals surface area contributed by atoms with Crippen molar-refractivity contribution in [1.82, 2.24) is 0 Å². The quantitative estimate of drug-likeness (QED) is 0.319. The first-order valence-electron chi connectivity index (χ1n) is 16.9. The van der Waals surface area contributed by atoms with Crippen LogP contribution in [0.1, 0.15) is 164 Å². The fourth-order valence-corrected chi connectivity index (χ4v) is 7.12. The summed E-state index contributed by atoms with van der Waals surface area (Å²) in [4.78, 5) is 0. The van der Waals surface area contributed by atoms with E-state index in [4.69, 9.17) is 9.47 Å². The van der Waals surface area contributed by atoms with Crippen molar-refractivity contribution in [1.29, 1.82) is 0 Å². The summed E-state index contributed by atoms with van der Waals surface area (Å²) in [6, 6.07) is 0. The summed E-state index contributed by atoms with van der Waals surface area (Å²) in [5.41, 5.74) is 1.79. The predicted molar refractivity (Wildman–Crippen MR) is 158 cm³/mol. The molecule has 0 radical (unpaired) electrons. The zero-order valence-electron chi connectivity index (χ0n) is 25.9. The molecular weight excluding hydrogens is 452 g/mol. The Labute approximate surface area is 231 Å². The molecule has 0 aromatic rings. The summed E-state index contributed by atoms with van der Waals surface area (Å²) in [6.07, 6.45) is 28.3. The van der Waals surface area contributed by atoms with E-state index in [0.29, 0.717) is 17.3 Å². The monoisotopic (exact) mass is 516 g/mol. The Bertz CT molecular complexity index is 611. The fraction of sp³-hybridized carbons (Fsp3) is 1.00. The largest absolute Gasteiger partial charge is 0.375 e. The van der Waals surface area contributed by atoms with Gasteiger partial charge in [-0.2, -0.15) is 0 Å². The van der Waals surface area contributed by atoms with Crippen molar-refractivity contribution in [2.24, 2.45) is 35.0 Å². The second-order valence-electron chi connectivity index (χ2n) is 15.6. The van der Waals surface area contributed by atoms with Crippen LogP contribution < -0.4 is 0 Å². The van der Waals surface area contributed by atoms with Crippen molar-refractivity contribution < 1.29 is 9.47 Å². The van der Waals surface area contributed by atoms with Crippen LogP contribution in [-0.2, 0) is 9.47 Å². The molecule has 9 rings (SSSR count). The summed E-state index contributed by atoms with van der Waals surface area (Å²) in [5.74, 6) is 5.14. The Balaban J connectivity index is 0.000000105. The first-order chi connectivity index (χ1) is 17.6. The van der Waals surface area contributed by atoms with E-state index in [0.717, 1.165) is 41.6 Å². The number of hydrogen-bond donors (Lipinski definition) is 0. The molecule has 0 bridgehead atoms. The van der Waals surface area contributed by atoms with Crippen LogP contribution in [0.4, 0.5) is 0 Å². The topological polar surface area (TPSA) is 18.5 Å². The molecule has 2 heteroatoms. The molecule has 7 aliphatic carbocycles. The highest BCUT2D eigenvalue weighted by Gasteiger charge is 2.57. The summed E-state index contributed by atoms with van der Waals surface area (Å²) < 4.78 is 10.8. The molecule has 1 unspecified atom stereocenters. The Hall–Kier alpha value is -0.0800. The van der Waals surface area contributed by atoms with E-state index in [2.05, 4.69) is 41.5 Å². The summed E-state index contributed by atoms with van der Waals surface area (Å²) in [5, 5.41) is 0. The first-order valence-corrected chi connectivity index (χ1v) is 16.9. The highest BCUT2D eigenvalue weighted by atomic mass is 16.5. The van der Waals surface area contributed by atoms with E-state index in [1.165, 1.54) is 96.3 Å². The molecule has 2 nitrogen and oxygen atoms in total. The maximum absolute atomic E-state index is 5.44. The zero-order valence-corrected chi connectivity index (χ0v) is 25.9. The highest BCUT2D eigenvalue weighted by Crippen LogP contribution is 2.58. The molecule has 7 saturated carbocycles. The normalized spacial score (nSPS) is 36.8. The molecule has 0 amide bonds. The number of ether oxygens (including phenoxy) is 2. The summed E-state index contributed by atoms with van der Waals surface area (Å²) in [6.45, 7) is 14.7. The van der Waals surface area contributed by atoms with Gasteiger partial charge in [0.15, 0.2) is 0 Å². The van der Waals surface area contributed by atoms with Crippen LogP contribution in [0.3, 0.4) is 0 Å². The molecular formula is C35H64O2. The molecule has 216 valence electrons. The zero-order chi connectivity index (χ0) is 26.5. The van der Waals surface area contributed by atoms with Crippen molar-refractivity contribution in [3.63, 3.8) is 0 Å². The fourth-order valence-electron chi connectivity index (χ4n) is 7.12. The van der Waals surface area contributed by atoms with Gasteiger partial charge < -0.3 is 9.47 Å². The lowest BCUT2D eigenvalue weighted by atomic mass is 9.52. The third-order valence-electron chi connectivity index (χ3n) is 11.4. The van der Waals surface area contributed by atoms with Gasteiger partial charge >= 0.3 is 0 Å². The smallest absolute Gasteiger partial charge is 0.0734 e. The number of hydrogen-bond acceptors (Lipinski definition) is 2. The average molecular weight is 517 g/mol. The molecule has 2 aliphatic heterocycles. The van der Waals surface area contributed by atoms with E-state index in [1.807, 2.05) is 0 Å². The van der Waals surface area contributed by atoms with E-state index in [1.54, 1.807) is 25.7 Å². The van der Waals surface area contributed by atoms with E-state index < -0.39 is 0 Å². The second-order valence-corrected chi connectivity index (χ2v) is 15.6. The lowest BCUT2D eigenvalue weighted by molar-refractivity contribution is -0.133. The molecule has 37 heavy (non-hydrogen) atoms. The molecule has 9 fully saturated rings.